The molecule has 4 rings (SSSR count). The summed E-state index contributed by atoms with van der Waals surface area (Å²) in [6.07, 6.45) is 0. The number of carbonyl (C=O) groups is 1. The van der Waals surface area contributed by atoms with Gasteiger partial charge in [-0.3, -0.25) is 4.79 Å². The van der Waals surface area contributed by atoms with E-state index in [2.05, 4.69) is 14.9 Å². The SMILES string of the molecule is COOSc1cc(C(=O)N=C(N)N)ccc1Oc1ccc(C(O)Sc2ccc3ccccc3n2)cc1. The third-order valence-electron chi connectivity index (χ3n) is 4.81. The van der Waals surface area contributed by atoms with Crippen LogP contribution in [0, 0.1) is 0 Å². The van der Waals surface area contributed by atoms with Gasteiger partial charge < -0.3 is 21.3 Å². The number of hydrogen-bond donors (Lipinski definition) is 3. The highest BCUT2D eigenvalue weighted by Gasteiger charge is 2.15. The monoisotopic (exact) mass is 522 g/mol. The number of aliphatic hydroxyl groups is 1. The molecule has 5 N–H and O–H groups in total. The van der Waals surface area contributed by atoms with E-state index in [1.807, 2.05) is 36.4 Å². The van der Waals surface area contributed by atoms with Gasteiger partial charge >= 0.3 is 0 Å². The zero-order valence-electron chi connectivity index (χ0n) is 19.0. The van der Waals surface area contributed by atoms with Gasteiger partial charge in [0.1, 0.15) is 16.9 Å². The van der Waals surface area contributed by atoms with Crippen LogP contribution in [0.5, 0.6) is 11.5 Å². The van der Waals surface area contributed by atoms with E-state index in [1.165, 1.54) is 31.0 Å². The summed E-state index contributed by atoms with van der Waals surface area (Å²) in [7, 11) is 1.36. The highest BCUT2D eigenvalue weighted by Crippen LogP contribution is 2.37. The van der Waals surface area contributed by atoms with Gasteiger partial charge in [-0.25, -0.2) is 9.87 Å². The van der Waals surface area contributed by atoms with Gasteiger partial charge in [-0.1, -0.05) is 48.2 Å². The Labute approximate surface area is 215 Å². The molecule has 0 radical (unpaired) electrons. The molecule has 36 heavy (non-hydrogen) atoms. The van der Waals surface area contributed by atoms with E-state index in [-0.39, 0.29) is 11.5 Å². The van der Waals surface area contributed by atoms with Crippen molar-refractivity contribution in [1.82, 2.24) is 4.98 Å². The molecule has 0 aliphatic carbocycles. The number of aromatic nitrogens is 1. The molecule has 1 unspecified atom stereocenters. The number of aliphatic imine (C=N–C) groups is 1. The zero-order valence-corrected chi connectivity index (χ0v) is 20.7. The maximum Gasteiger partial charge on any atom is 0.280 e. The normalized spacial score (nSPS) is 11.7. The third kappa shape index (κ3) is 6.53. The molecule has 1 atom stereocenters. The second-order valence-corrected chi connectivity index (χ2v) is 9.15. The Kier molecular flexibility index (Phi) is 8.41. The summed E-state index contributed by atoms with van der Waals surface area (Å²) >= 11 is 2.12. The van der Waals surface area contributed by atoms with Crippen molar-refractivity contribution in [2.75, 3.05) is 7.11 Å². The molecule has 1 amide bonds. The molecule has 1 heterocycles. The molecule has 184 valence electrons. The van der Waals surface area contributed by atoms with E-state index in [0.29, 0.717) is 22.0 Å². The second-order valence-electron chi connectivity index (χ2n) is 7.30. The lowest BCUT2D eigenvalue weighted by atomic mass is 10.2. The van der Waals surface area contributed by atoms with Crippen LogP contribution in [-0.2, 0) is 9.22 Å². The average molecular weight is 523 g/mol. The molecule has 0 saturated carbocycles. The number of aliphatic hydroxyl groups excluding tert-OH is 1. The molecule has 0 spiro atoms. The minimum atomic E-state index is -0.810. The number of guanidine groups is 1. The fourth-order valence-corrected chi connectivity index (χ4v) is 4.49. The van der Waals surface area contributed by atoms with Crippen molar-refractivity contribution in [2.24, 2.45) is 16.5 Å². The lowest BCUT2D eigenvalue weighted by Gasteiger charge is -2.13. The number of pyridine rings is 1. The number of ether oxygens (including phenoxy) is 1. The first-order chi connectivity index (χ1) is 17.4. The van der Waals surface area contributed by atoms with Gasteiger partial charge in [-0.2, -0.15) is 9.33 Å². The second kappa shape index (κ2) is 11.9. The van der Waals surface area contributed by atoms with Crippen LogP contribution in [-0.4, -0.2) is 29.1 Å². The smallest absolute Gasteiger partial charge is 0.280 e. The number of para-hydroxylation sites is 1. The molecule has 3 aromatic carbocycles. The van der Waals surface area contributed by atoms with Gasteiger partial charge in [0.2, 0.25) is 0 Å². The predicted octanol–water partition coefficient (Wildman–Crippen LogP) is 4.81. The van der Waals surface area contributed by atoms with E-state index in [0.717, 1.165) is 28.0 Å². The van der Waals surface area contributed by atoms with Crippen molar-refractivity contribution in [2.45, 2.75) is 15.4 Å². The number of nitrogens with zero attached hydrogens (tertiary/aromatic N) is 2. The van der Waals surface area contributed by atoms with Crippen molar-refractivity contribution < 1.29 is 23.9 Å². The predicted molar refractivity (Wildman–Crippen MR) is 140 cm³/mol. The lowest BCUT2D eigenvalue weighted by Crippen LogP contribution is -2.24. The first-order valence-electron chi connectivity index (χ1n) is 10.6. The van der Waals surface area contributed by atoms with Gasteiger partial charge in [0.15, 0.2) is 5.96 Å². The van der Waals surface area contributed by atoms with Crippen molar-refractivity contribution in [1.29, 1.82) is 0 Å². The van der Waals surface area contributed by atoms with Crippen LogP contribution in [0.2, 0.25) is 0 Å². The van der Waals surface area contributed by atoms with Crippen LogP contribution >= 0.6 is 23.8 Å². The van der Waals surface area contributed by atoms with E-state index in [9.17, 15) is 9.90 Å². The largest absolute Gasteiger partial charge is 0.456 e. The van der Waals surface area contributed by atoms with Crippen LogP contribution in [0.3, 0.4) is 0 Å². The van der Waals surface area contributed by atoms with Crippen LogP contribution in [0.4, 0.5) is 0 Å². The first-order valence-corrected chi connectivity index (χ1v) is 12.2. The number of nitrogens with two attached hydrogens (primary N) is 2. The number of benzene rings is 3. The summed E-state index contributed by atoms with van der Waals surface area (Å²) in [6, 6.07) is 23.3. The summed E-state index contributed by atoms with van der Waals surface area (Å²) in [6.45, 7) is 0. The van der Waals surface area contributed by atoms with Crippen LogP contribution in [0.1, 0.15) is 21.4 Å². The minimum absolute atomic E-state index is 0.246. The molecule has 0 aliphatic rings. The molecule has 1 aromatic heterocycles. The Morgan fingerprint density at radius 1 is 1.03 bits per heavy atom. The van der Waals surface area contributed by atoms with Crippen molar-refractivity contribution in [3.8, 4) is 11.5 Å². The highest BCUT2D eigenvalue weighted by atomic mass is 32.2. The van der Waals surface area contributed by atoms with Crippen molar-refractivity contribution in [3.05, 3.63) is 90.0 Å². The summed E-state index contributed by atoms with van der Waals surface area (Å²) in [4.78, 5) is 25.4. The number of fused-ring (bicyclic) bond motifs is 1. The Bertz CT molecular complexity index is 1400. The Morgan fingerprint density at radius 3 is 2.56 bits per heavy atom. The van der Waals surface area contributed by atoms with Gasteiger partial charge in [0.25, 0.3) is 5.91 Å². The van der Waals surface area contributed by atoms with Gasteiger partial charge in [0, 0.05) is 10.9 Å². The summed E-state index contributed by atoms with van der Waals surface area (Å²) in [5.74, 6) is 0.000698. The maximum atomic E-state index is 12.1. The number of rotatable bonds is 9. The number of thioether (sulfide) groups is 1. The molecule has 0 bridgehead atoms. The van der Waals surface area contributed by atoms with Crippen LogP contribution in [0.25, 0.3) is 10.9 Å². The highest BCUT2D eigenvalue weighted by molar-refractivity contribution is 7.99. The summed E-state index contributed by atoms with van der Waals surface area (Å²) < 4.78 is 10.9. The zero-order chi connectivity index (χ0) is 25.5. The fourth-order valence-electron chi connectivity index (χ4n) is 3.17. The number of amides is 1. The Balaban J connectivity index is 1.47. The van der Waals surface area contributed by atoms with Gasteiger partial charge in [-0.15, -0.1) is 0 Å². The topological polar surface area (TPSA) is 142 Å². The maximum absolute atomic E-state index is 12.1. The van der Waals surface area contributed by atoms with Crippen molar-refractivity contribution >= 4 is 46.6 Å². The molecular weight excluding hydrogens is 500 g/mol. The minimum Gasteiger partial charge on any atom is -0.456 e. The average Bonchev–Trinajstić information content (AvgIpc) is 2.88. The quantitative estimate of drug-likeness (QED) is 0.0533. The fraction of sp³-hybridized carbons (Fsp3) is 0.0800. The molecule has 0 fully saturated rings. The van der Waals surface area contributed by atoms with Gasteiger partial charge in [0.05, 0.1) is 34.6 Å². The molecule has 4 aromatic rings. The standard InChI is InChI=1S/C25H22N4O5S2/c1-32-34-36-21-14-17(23(30)29-25(26)27)8-12-20(21)33-18-10-6-16(7-11-18)24(31)35-22-13-9-15-4-2-3-5-19(15)28-22/h2-14,24,31H,1H3,(H4,26,27,29,30). The van der Waals surface area contributed by atoms with Crippen molar-refractivity contribution in [3.63, 3.8) is 0 Å². The third-order valence-corrected chi connectivity index (χ3v) is 6.48. The summed E-state index contributed by atoms with van der Waals surface area (Å²) in [5, 5.41) is 12.5. The molecule has 0 saturated heterocycles. The van der Waals surface area contributed by atoms with Crippen LogP contribution < -0.4 is 16.2 Å². The Hall–Kier alpha value is -3.61. The van der Waals surface area contributed by atoms with E-state index >= 15 is 0 Å². The van der Waals surface area contributed by atoms with E-state index in [4.69, 9.17) is 20.5 Å². The Morgan fingerprint density at radius 2 is 1.81 bits per heavy atom. The van der Waals surface area contributed by atoms with Gasteiger partial charge in [-0.05, 0) is 48.0 Å². The molecular formula is C25H22N4O5S2. The molecule has 0 aliphatic heterocycles. The molecule has 11 heteroatoms. The lowest BCUT2D eigenvalue weighted by molar-refractivity contribution is -0.160. The number of hydrogen-bond acceptors (Lipinski definition) is 8. The van der Waals surface area contributed by atoms with E-state index in [1.54, 1.807) is 30.3 Å². The molecule has 9 nitrogen and oxygen atoms in total. The first kappa shape index (κ1) is 25.5. The van der Waals surface area contributed by atoms with E-state index < -0.39 is 11.3 Å². The number of carbonyl (C=O) groups excluding carboxylic acids is 1. The summed E-state index contributed by atoms with van der Waals surface area (Å²) in [5.41, 5.74) is 11.6. The van der Waals surface area contributed by atoms with Crippen LogP contribution in [0.15, 0.2) is 93.8 Å².